The molecule has 1 atom stereocenters. The Balaban J connectivity index is 1.55. The van der Waals surface area contributed by atoms with Crippen LogP contribution in [0.3, 0.4) is 0 Å². The first kappa shape index (κ1) is 20.5. The Hall–Kier alpha value is -3.43. The second-order valence-corrected chi connectivity index (χ2v) is 8.34. The van der Waals surface area contributed by atoms with E-state index in [2.05, 4.69) is 37.2 Å². The molecule has 4 aromatic rings. The molecule has 0 spiro atoms. The molecule has 1 aliphatic rings. The molecule has 1 saturated heterocycles. The van der Waals surface area contributed by atoms with Crippen LogP contribution in [-0.2, 0) is 0 Å². The van der Waals surface area contributed by atoms with Crippen molar-refractivity contribution in [1.82, 2.24) is 34.6 Å². The summed E-state index contributed by atoms with van der Waals surface area (Å²) >= 11 is 6.26. The fourth-order valence-corrected chi connectivity index (χ4v) is 4.29. The summed E-state index contributed by atoms with van der Waals surface area (Å²) in [6.45, 7) is 1.58. The maximum Gasteiger partial charge on any atom is 0.273 e. The molecule has 10 heteroatoms. The zero-order valence-electron chi connectivity index (χ0n) is 17.5. The predicted molar refractivity (Wildman–Crippen MR) is 123 cm³/mol. The van der Waals surface area contributed by atoms with Crippen LogP contribution in [0, 0.1) is 0 Å². The number of carbonyl (C=O) groups is 1. The number of pyridine rings is 1. The molecule has 5 heterocycles. The number of hydrogen-bond acceptors (Lipinski definition) is 6. The van der Waals surface area contributed by atoms with Gasteiger partial charge in [0.1, 0.15) is 22.2 Å². The van der Waals surface area contributed by atoms with E-state index in [1.54, 1.807) is 16.8 Å². The molecule has 0 saturated carbocycles. The maximum absolute atomic E-state index is 13.0. The predicted octanol–water partition coefficient (Wildman–Crippen LogP) is 2.85. The molecule has 0 radical (unpaired) electrons. The van der Waals surface area contributed by atoms with Crippen LogP contribution in [0.5, 0.6) is 0 Å². The fraction of sp³-hybridized carbons (Fsp3) is 0.273. The number of imidazole rings is 1. The largest absolute Gasteiger partial charge is 0.382 e. The SMILES string of the molecule is CN1CCC[C@H]1CNC(=O)c1nc(-c2ccc3ncc(Cl)n3c2)c(-c2ccc[nH]2)nc1N. The molecule has 0 bridgehead atoms. The molecule has 4 aromatic heterocycles. The average Bonchev–Trinajstić information content (AvgIpc) is 3.54. The molecule has 1 amide bonds. The van der Waals surface area contributed by atoms with E-state index in [9.17, 15) is 4.79 Å². The van der Waals surface area contributed by atoms with Gasteiger partial charge in [-0.3, -0.25) is 9.20 Å². The number of hydrogen-bond donors (Lipinski definition) is 3. The number of anilines is 1. The highest BCUT2D eigenvalue weighted by Gasteiger charge is 2.24. The van der Waals surface area contributed by atoms with E-state index in [0.717, 1.165) is 30.6 Å². The molecular weight excluding hydrogens is 428 g/mol. The summed E-state index contributed by atoms with van der Waals surface area (Å²) in [7, 11) is 2.07. The first-order chi connectivity index (χ1) is 15.5. The Labute approximate surface area is 189 Å². The minimum absolute atomic E-state index is 0.0809. The van der Waals surface area contributed by atoms with Crippen molar-refractivity contribution >= 4 is 29.0 Å². The van der Waals surface area contributed by atoms with Crippen molar-refractivity contribution in [2.45, 2.75) is 18.9 Å². The molecule has 9 nitrogen and oxygen atoms in total. The van der Waals surface area contributed by atoms with E-state index in [1.165, 1.54) is 0 Å². The third-order valence-electron chi connectivity index (χ3n) is 5.89. The summed E-state index contributed by atoms with van der Waals surface area (Å²) in [5.41, 5.74) is 9.56. The highest BCUT2D eigenvalue weighted by Crippen LogP contribution is 2.31. The van der Waals surface area contributed by atoms with Gasteiger partial charge in [0.25, 0.3) is 5.91 Å². The van der Waals surface area contributed by atoms with E-state index in [0.29, 0.717) is 34.8 Å². The Morgan fingerprint density at radius 2 is 2.19 bits per heavy atom. The van der Waals surface area contributed by atoms with Crippen LogP contribution >= 0.6 is 11.6 Å². The quantitative estimate of drug-likeness (QED) is 0.430. The van der Waals surface area contributed by atoms with Crippen molar-refractivity contribution in [2.24, 2.45) is 0 Å². The standard InChI is InChI=1S/C22H23ClN8O/c1-30-9-3-4-14(30)10-27-22(32)20-21(24)29-19(15-5-2-8-25-15)18(28-20)13-6-7-17-26-11-16(23)31(17)12-13/h2,5-8,11-12,14,25H,3-4,9-10H2,1H3,(H2,24,29)(H,27,32)/t14-/m0/s1. The number of rotatable bonds is 5. The van der Waals surface area contributed by atoms with Crippen molar-refractivity contribution < 1.29 is 4.79 Å². The van der Waals surface area contributed by atoms with Crippen molar-refractivity contribution in [1.29, 1.82) is 0 Å². The monoisotopic (exact) mass is 450 g/mol. The number of nitrogens with two attached hydrogens (primary N) is 1. The maximum atomic E-state index is 13.0. The number of nitrogens with one attached hydrogen (secondary N) is 2. The van der Waals surface area contributed by atoms with Gasteiger partial charge < -0.3 is 20.9 Å². The first-order valence-corrected chi connectivity index (χ1v) is 10.8. The summed E-state index contributed by atoms with van der Waals surface area (Å²) < 4.78 is 1.75. The Kier molecular flexibility index (Phi) is 5.28. The summed E-state index contributed by atoms with van der Waals surface area (Å²) in [5, 5.41) is 3.45. The highest BCUT2D eigenvalue weighted by molar-refractivity contribution is 6.29. The van der Waals surface area contributed by atoms with Crippen LogP contribution in [0.25, 0.3) is 28.3 Å². The summed E-state index contributed by atoms with van der Waals surface area (Å²) in [5.74, 6) is -0.256. The molecule has 164 valence electrons. The third-order valence-corrected chi connectivity index (χ3v) is 6.17. The van der Waals surface area contributed by atoms with Crippen LogP contribution in [0.4, 0.5) is 5.82 Å². The third kappa shape index (κ3) is 3.69. The summed E-state index contributed by atoms with van der Waals surface area (Å²) in [6.07, 6.45) is 7.39. The number of amides is 1. The average molecular weight is 451 g/mol. The van der Waals surface area contributed by atoms with Crippen molar-refractivity contribution in [2.75, 3.05) is 25.9 Å². The molecule has 5 rings (SSSR count). The second kappa shape index (κ2) is 8.25. The Morgan fingerprint density at radius 1 is 1.31 bits per heavy atom. The lowest BCUT2D eigenvalue weighted by Gasteiger charge is -2.20. The second-order valence-electron chi connectivity index (χ2n) is 7.95. The molecule has 0 aliphatic carbocycles. The normalized spacial score (nSPS) is 16.6. The molecule has 1 fully saturated rings. The molecule has 32 heavy (non-hydrogen) atoms. The number of aromatic nitrogens is 5. The summed E-state index contributed by atoms with van der Waals surface area (Å²) in [4.78, 5) is 31.8. The molecule has 0 unspecified atom stereocenters. The van der Waals surface area contributed by atoms with Crippen LogP contribution in [0.1, 0.15) is 23.3 Å². The number of halogens is 1. The van der Waals surface area contributed by atoms with Gasteiger partial charge in [0.15, 0.2) is 11.5 Å². The lowest BCUT2D eigenvalue weighted by Crippen LogP contribution is -2.38. The van der Waals surface area contributed by atoms with Crippen LogP contribution < -0.4 is 11.1 Å². The number of nitrogens with zero attached hydrogens (tertiary/aromatic N) is 5. The lowest BCUT2D eigenvalue weighted by atomic mass is 10.1. The zero-order chi connectivity index (χ0) is 22.2. The first-order valence-electron chi connectivity index (χ1n) is 10.4. The topological polar surface area (TPSA) is 117 Å². The van der Waals surface area contributed by atoms with Gasteiger partial charge in [-0.05, 0) is 50.7 Å². The van der Waals surface area contributed by atoms with E-state index >= 15 is 0 Å². The number of carbonyl (C=O) groups excluding carboxylic acids is 1. The van der Waals surface area contributed by atoms with E-state index in [1.807, 2.05) is 30.5 Å². The van der Waals surface area contributed by atoms with Crippen molar-refractivity contribution in [3.63, 3.8) is 0 Å². The number of nitrogen functional groups attached to an aromatic ring is 1. The molecule has 4 N–H and O–H groups in total. The van der Waals surface area contributed by atoms with Crippen LogP contribution in [0.2, 0.25) is 5.15 Å². The van der Waals surface area contributed by atoms with Gasteiger partial charge in [0.2, 0.25) is 0 Å². The summed E-state index contributed by atoms with van der Waals surface area (Å²) in [6, 6.07) is 7.78. The number of fused-ring (bicyclic) bond motifs is 1. The fourth-order valence-electron chi connectivity index (χ4n) is 4.10. The van der Waals surface area contributed by atoms with Crippen molar-refractivity contribution in [3.8, 4) is 22.6 Å². The number of likely N-dealkylation sites (tertiary alicyclic amines) is 1. The van der Waals surface area contributed by atoms with Gasteiger partial charge in [0.05, 0.1) is 11.9 Å². The number of H-pyrrole nitrogens is 1. The van der Waals surface area contributed by atoms with Crippen molar-refractivity contribution in [3.05, 3.63) is 53.7 Å². The van der Waals surface area contributed by atoms with E-state index in [4.69, 9.17) is 17.3 Å². The minimum atomic E-state index is -0.337. The Morgan fingerprint density at radius 3 is 2.94 bits per heavy atom. The van der Waals surface area contributed by atoms with Gasteiger partial charge >= 0.3 is 0 Å². The van der Waals surface area contributed by atoms with E-state index in [-0.39, 0.29) is 17.4 Å². The van der Waals surface area contributed by atoms with Gasteiger partial charge in [-0.1, -0.05) is 11.6 Å². The van der Waals surface area contributed by atoms with Gasteiger partial charge in [0, 0.05) is 30.5 Å². The van der Waals surface area contributed by atoms with E-state index < -0.39 is 0 Å². The van der Waals surface area contributed by atoms with Crippen LogP contribution in [-0.4, -0.2) is 61.3 Å². The molecular formula is C22H23ClN8O. The molecule has 1 aliphatic heterocycles. The Bertz CT molecular complexity index is 1280. The number of aromatic amines is 1. The van der Waals surface area contributed by atoms with Gasteiger partial charge in [-0.2, -0.15) is 0 Å². The van der Waals surface area contributed by atoms with Gasteiger partial charge in [-0.15, -0.1) is 0 Å². The van der Waals surface area contributed by atoms with Crippen LogP contribution in [0.15, 0.2) is 42.9 Å². The molecule has 0 aromatic carbocycles. The zero-order valence-corrected chi connectivity index (χ0v) is 18.3. The highest BCUT2D eigenvalue weighted by atomic mass is 35.5. The minimum Gasteiger partial charge on any atom is -0.382 e. The lowest BCUT2D eigenvalue weighted by molar-refractivity contribution is 0.0939. The van der Waals surface area contributed by atoms with Gasteiger partial charge in [-0.25, -0.2) is 15.0 Å². The smallest absolute Gasteiger partial charge is 0.273 e. The number of likely N-dealkylation sites (N-methyl/N-ethyl adjacent to an activating group) is 1.